The fourth-order valence-electron chi connectivity index (χ4n) is 4.46. The molecule has 1 aromatic carbocycles. The number of para-hydroxylation sites is 1. The van der Waals surface area contributed by atoms with Crippen molar-refractivity contribution in [1.82, 2.24) is 20.1 Å². The molecule has 0 radical (unpaired) electrons. The second kappa shape index (κ2) is 6.45. The lowest BCUT2D eigenvalue weighted by atomic mass is 9.96. The van der Waals surface area contributed by atoms with Gasteiger partial charge in [0.1, 0.15) is 5.75 Å². The maximum atomic E-state index is 12.3. The zero-order chi connectivity index (χ0) is 19.3. The van der Waals surface area contributed by atoms with Gasteiger partial charge in [-0.2, -0.15) is 0 Å². The molecule has 1 amide bonds. The third-order valence-corrected chi connectivity index (χ3v) is 5.75. The van der Waals surface area contributed by atoms with Crippen LogP contribution in [0.4, 0.5) is 0 Å². The Morgan fingerprint density at radius 3 is 2.96 bits per heavy atom. The Kier molecular flexibility index (Phi) is 3.91. The fourth-order valence-corrected chi connectivity index (χ4v) is 4.46. The fraction of sp³-hybridized carbons (Fsp3) is 0.286. The molecule has 3 aromatic rings. The molecule has 142 valence electrons. The number of hydrogen-bond donors (Lipinski definition) is 2. The van der Waals surface area contributed by atoms with Crippen molar-refractivity contribution < 1.29 is 14.6 Å². The first-order valence-corrected chi connectivity index (χ1v) is 9.33. The number of carbonyl (C=O) groups is 1. The third-order valence-electron chi connectivity index (χ3n) is 5.75. The predicted molar refractivity (Wildman–Crippen MR) is 104 cm³/mol. The van der Waals surface area contributed by atoms with Gasteiger partial charge in [-0.05, 0) is 36.8 Å². The summed E-state index contributed by atoms with van der Waals surface area (Å²) >= 11 is 0. The van der Waals surface area contributed by atoms with Crippen LogP contribution in [0.25, 0.3) is 22.3 Å². The number of hydrogen-bond acceptors (Lipinski definition) is 5. The molecular formula is C21H20N4O3. The van der Waals surface area contributed by atoms with Gasteiger partial charge in [0.15, 0.2) is 5.65 Å². The van der Waals surface area contributed by atoms with E-state index in [1.54, 1.807) is 12.1 Å². The zero-order valence-electron chi connectivity index (χ0n) is 15.2. The van der Waals surface area contributed by atoms with Crippen molar-refractivity contribution in [2.24, 2.45) is 0 Å². The molecule has 28 heavy (non-hydrogen) atoms. The molecule has 3 atom stereocenters. The second-order valence-corrected chi connectivity index (χ2v) is 7.33. The lowest BCUT2D eigenvalue weighted by molar-refractivity contribution is -0.135. The number of nitrogens with one attached hydrogen (secondary N) is 1. The number of ether oxygens (including phenoxy) is 1. The summed E-state index contributed by atoms with van der Waals surface area (Å²) in [4.78, 5) is 17.6. The van der Waals surface area contributed by atoms with Gasteiger partial charge in [0, 0.05) is 22.6 Å². The first-order chi connectivity index (χ1) is 13.7. The zero-order valence-corrected chi connectivity index (χ0v) is 15.2. The predicted octanol–water partition coefficient (Wildman–Crippen LogP) is 2.60. The van der Waals surface area contributed by atoms with Crippen molar-refractivity contribution >= 4 is 16.9 Å². The highest BCUT2D eigenvalue weighted by molar-refractivity contribution is 5.88. The van der Waals surface area contributed by atoms with E-state index >= 15 is 0 Å². The van der Waals surface area contributed by atoms with Crippen molar-refractivity contribution in [1.29, 1.82) is 0 Å². The van der Waals surface area contributed by atoms with Crippen LogP contribution in [0.1, 0.15) is 18.0 Å². The highest BCUT2D eigenvalue weighted by Gasteiger charge is 2.47. The first kappa shape index (κ1) is 16.9. The average Bonchev–Trinajstić information content (AvgIpc) is 3.23. The number of morpholine rings is 1. The van der Waals surface area contributed by atoms with E-state index in [0.717, 1.165) is 17.5 Å². The molecule has 7 nitrogen and oxygen atoms in total. The molecule has 5 rings (SSSR count). The van der Waals surface area contributed by atoms with E-state index in [0.29, 0.717) is 30.1 Å². The number of aromatic nitrogens is 3. The summed E-state index contributed by atoms with van der Waals surface area (Å²) in [6.45, 7) is 4.71. The van der Waals surface area contributed by atoms with Gasteiger partial charge in [-0.25, -0.2) is 0 Å². The Labute approximate surface area is 161 Å². The number of nitrogens with zero attached hydrogens (tertiary/aromatic N) is 3. The average molecular weight is 376 g/mol. The summed E-state index contributed by atoms with van der Waals surface area (Å²) in [5.41, 5.74) is 2.98. The lowest BCUT2D eigenvalue weighted by Crippen LogP contribution is -2.49. The van der Waals surface area contributed by atoms with Gasteiger partial charge in [-0.15, -0.1) is 10.2 Å². The molecule has 0 aliphatic carbocycles. The van der Waals surface area contributed by atoms with Gasteiger partial charge in [0.2, 0.25) is 5.91 Å². The molecule has 2 aliphatic rings. The van der Waals surface area contributed by atoms with Crippen LogP contribution in [0.3, 0.4) is 0 Å². The van der Waals surface area contributed by atoms with E-state index in [2.05, 4.69) is 27.8 Å². The summed E-state index contributed by atoms with van der Waals surface area (Å²) in [5.74, 6) is 0.282. The number of H-pyrrole nitrogens is 1. The molecule has 2 N–H and O–H groups in total. The number of phenols is 1. The maximum absolute atomic E-state index is 12.3. The Balaban J connectivity index is 1.51. The van der Waals surface area contributed by atoms with Crippen molar-refractivity contribution in [2.45, 2.75) is 24.4 Å². The van der Waals surface area contributed by atoms with Crippen LogP contribution in [0.5, 0.6) is 5.75 Å². The third kappa shape index (κ3) is 2.58. The van der Waals surface area contributed by atoms with Gasteiger partial charge in [-0.3, -0.25) is 4.79 Å². The summed E-state index contributed by atoms with van der Waals surface area (Å²) in [6.07, 6.45) is 2.22. The molecule has 2 fully saturated rings. The van der Waals surface area contributed by atoms with Crippen molar-refractivity contribution in [3.05, 3.63) is 54.7 Å². The number of aromatic amines is 1. The highest BCUT2D eigenvalue weighted by atomic mass is 16.5. The molecule has 1 unspecified atom stereocenters. The Morgan fingerprint density at radius 1 is 1.29 bits per heavy atom. The van der Waals surface area contributed by atoms with E-state index in [1.807, 2.05) is 23.1 Å². The monoisotopic (exact) mass is 376 g/mol. The molecule has 4 heterocycles. The van der Waals surface area contributed by atoms with Gasteiger partial charge >= 0.3 is 0 Å². The van der Waals surface area contributed by atoms with E-state index in [1.165, 1.54) is 6.08 Å². The Hall–Kier alpha value is -3.19. The van der Waals surface area contributed by atoms with E-state index in [4.69, 9.17) is 4.74 Å². The Morgan fingerprint density at radius 2 is 2.14 bits per heavy atom. The SMILES string of the molecule is C=CC(=O)N1C2COC[C@@H]1C[C@H]2c1cc2cc(-c3ccccc3O)nnc2[nH]1. The second-order valence-electron chi connectivity index (χ2n) is 7.33. The summed E-state index contributed by atoms with van der Waals surface area (Å²) in [6, 6.07) is 11.1. The van der Waals surface area contributed by atoms with Crippen LogP contribution >= 0.6 is 0 Å². The highest BCUT2D eigenvalue weighted by Crippen LogP contribution is 2.41. The minimum absolute atomic E-state index is 0.0112. The minimum Gasteiger partial charge on any atom is -0.507 e. The number of benzene rings is 1. The van der Waals surface area contributed by atoms with Crippen LogP contribution in [-0.2, 0) is 9.53 Å². The van der Waals surface area contributed by atoms with Gasteiger partial charge in [0.05, 0.1) is 31.0 Å². The summed E-state index contributed by atoms with van der Waals surface area (Å²) < 4.78 is 5.70. The topological polar surface area (TPSA) is 91.3 Å². The van der Waals surface area contributed by atoms with Crippen molar-refractivity contribution in [3.8, 4) is 17.0 Å². The molecule has 0 spiro atoms. The maximum Gasteiger partial charge on any atom is 0.246 e. The van der Waals surface area contributed by atoms with Crippen molar-refractivity contribution in [2.75, 3.05) is 13.2 Å². The van der Waals surface area contributed by atoms with Crippen LogP contribution < -0.4 is 0 Å². The number of amides is 1. The molecule has 2 aliphatic heterocycles. The van der Waals surface area contributed by atoms with E-state index < -0.39 is 0 Å². The van der Waals surface area contributed by atoms with Gasteiger partial charge in [-0.1, -0.05) is 18.7 Å². The first-order valence-electron chi connectivity index (χ1n) is 9.33. The number of phenolic OH excluding ortho intramolecular Hbond substituents is 1. The van der Waals surface area contributed by atoms with Crippen LogP contribution in [0.15, 0.2) is 49.1 Å². The van der Waals surface area contributed by atoms with Crippen LogP contribution in [0.2, 0.25) is 0 Å². The lowest BCUT2D eigenvalue weighted by Gasteiger charge is -2.34. The summed E-state index contributed by atoms with van der Waals surface area (Å²) in [7, 11) is 0. The normalized spacial score (nSPS) is 23.9. The van der Waals surface area contributed by atoms with Gasteiger partial charge < -0.3 is 19.7 Å². The smallest absolute Gasteiger partial charge is 0.246 e. The van der Waals surface area contributed by atoms with Gasteiger partial charge in [0.25, 0.3) is 0 Å². The molecule has 2 aromatic heterocycles. The number of carbonyl (C=O) groups excluding carboxylic acids is 1. The molecule has 7 heteroatoms. The van der Waals surface area contributed by atoms with Crippen LogP contribution in [0, 0.1) is 0 Å². The molecule has 0 saturated carbocycles. The van der Waals surface area contributed by atoms with E-state index in [9.17, 15) is 9.90 Å². The van der Waals surface area contributed by atoms with E-state index in [-0.39, 0.29) is 29.7 Å². The number of fused-ring (bicyclic) bond motifs is 3. The van der Waals surface area contributed by atoms with Crippen molar-refractivity contribution in [3.63, 3.8) is 0 Å². The number of rotatable bonds is 3. The molecule has 2 bridgehead atoms. The Bertz CT molecular complexity index is 1080. The standard InChI is InChI=1S/C21H20N4O3/c1-2-20(27)25-13-9-15(18(25)11-28-10-13)16-7-12-8-17(23-24-21(12)22-16)14-5-3-4-6-19(14)26/h2-8,13,15,18,26H,1,9-11H2,(H,22,24)/t13-,15-,18?/m0/s1. The minimum atomic E-state index is -0.0430. The summed E-state index contributed by atoms with van der Waals surface area (Å²) in [5, 5.41) is 19.6. The molecule has 2 saturated heterocycles. The molecular weight excluding hydrogens is 356 g/mol. The number of aromatic hydroxyl groups is 1. The quantitative estimate of drug-likeness (QED) is 0.686. The largest absolute Gasteiger partial charge is 0.507 e. The van der Waals surface area contributed by atoms with Crippen LogP contribution in [-0.4, -0.2) is 56.4 Å².